The van der Waals surface area contributed by atoms with Crippen molar-refractivity contribution in [3.8, 4) is 11.3 Å². The fourth-order valence-corrected chi connectivity index (χ4v) is 5.02. The summed E-state index contributed by atoms with van der Waals surface area (Å²) in [6.07, 6.45) is 1.75. The van der Waals surface area contributed by atoms with Crippen molar-refractivity contribution in [2.75, 3.05) is 10.2 Å². The third-order valence-electron chi connectivity index (χ3n) is 5.68. The van der Waals surface area contributed by atoms with E-state index in [2.05, 4.69) is 15.6 Å². The van der Waals surface area contributed by atoms with Crippen LogP contribution in [0.25, 0.3) is 11.3 Å². The number of carbonyl (C=O) groups is 1. The highest BCUT2D eigenvalue weighted by atomic mass is 35.5. The van der Waals surface area contributed by atoms with E-state index < -0.39 is 0 Å². The first kappa shape index (κ1) is 23.4. The van der Waals surface area contributed by atoms with Crippen LogP contribution in [0.4, 0.5) is 11.4 Å². The molecule has 9 heteroatoms. The van der Waals surface area contributed by atoms with Crippen LogP contribution in [0.1, 0.15) is 30.5 Å². The van der Waals surface area contributed by atoms with Crippen molar-refractivity contribution in [1.29, 1.82) is 0 Å². The van der Waals surface area contributed by atoms with Gasteiger partial charge in [0.25, 0.3) is 0 Å². The fraction of sp³-hybridized carbons (Fsp3) is 0.115. The molecule has 0 bridgehead atoms. The maximum atomic E-state index is 11.4. The van der Waals surface area contributed by atoms with Gasteiger partial charge in [0.1, 0.15) is 17.6 Å². The smallest absolute Gasteiger partial charge is 0.221 e. The molecule has 1 saturated heterocycles. The van der Waals surface area contributed by atoms with Gasteiger partial charge < -0.3 is 20.0 Å². The molecule has 0 radical (unpaired) electrons. The number of benzene rings is 2. The molecule has 5 rings (SSSR count). The number of nitrogens with zero attached hydrogens (tertiary/aromatic N) is 2. The standard InChI is InChI=1S/C26H20Cl2N4O2S/c1-15(33)30-17-6-8-18(9-7-17)32-25(24(31-26(32)35)21-4-2-3-13-29-21)23-12-11-22(34-23)19-10-5-16(27)14-20(19)28/h2-14,24-25H,1H3,(H,30,33)(H,31,35)/t24-,25-/m0/s1. The number of aromatic nitrogens is 1. The Balaban J connectivity index is 1.56. The highest BCUT2D eigenvalue weighted by molar-refractivity contribution is 7.80. The minimum absolute atomic E-state index is 0.131. The summed E-state index contributed by atoms with van der Waals surface area (Å²) in [6, 6.07) is 21.8. The number of hydrogen-bond acceptors (Lipinski definition) is 4. The molecular formula is C26H20Cl2N4O2S. The summed E-state index contributed by atoms with van der Waals surface area (Å²) in [5.41, 5.74) is 3.13. The maximum Gasteiger partial charge on any atom is 0.221 e. The van der Waals surface area contributed by atoms with E-state index in [0.29, 0.717) is 32.4 Å². The molecular weight excluding hydrogens is 503 g/mol. The first-order valence-corrected chi connectivity index (χ1v) is 12.0. The molecule has 1 aliphatic heterocycles. The average Bonchev–Trinajstić information content (AvgIpc) is 3.44. The average molecular weight is 523 g/mol. The summed E-state index contributed by atoms with van der Waals surface area (Å²) in [4.78, 5) is 18.0. The minimum atomic E-state index is -0.316. The van der Waals surface area contributed by atoms with Gasteiger partial charge in [-0.05, 0) is 78.9 Å². The lowest BCUT2D eigenvalue weighted by molar-refractivity contribution is -0.114. The van der Waals surface area contributed by atoms with Crippen LogP contribution in [0, 0.1) is 0 Å². The maximum absolute atomic E-state index is 11.4. The van der Waals surface area contributed by atoms with Gasteiger partial charge in [0.2, 0.25) is 5.91 Å². The van der Waals surface area contributed by atoms with E-state index in [4.69, 9.17) is 39.8 Å². The zero-order valence-corrected chi connectivity index (χ0v) is 20.9. The van der Waals surface area contributed by atoms with Gasteiger partial charge in [0.15, 0.2) is 5.11 Å². The Morgan fingerprint density at radius 1 is 1.09 bits per heavy atom. The van der Waals surface area contributed by atoms with Crippen LogP contribution in [0.15, 0.2) is 83.4 Å². The SMILES string of the molecule is CC(=O)Nc1ccc(N2C(=S)N[C@@H](c3ccccn3)[C@@H]2c2ccc(-c3ccc(Cl)cc3Cl)o2)cc1. The molecule has 3 heterocycles. The molecule has 176 valence electrons. The van der Waals surface area contributed by atoms with E-state index >= 15 is 0 Å². The molecule has 2 aromatic heterocycles. The number of nitrogens with one attached hydrogen (secondary N) is 2. The van der Waals surface area contributed by atoms with Gasteiger partial charge >= 0.3 is 0 Å². The lowest BCUT2D eigenvalue weighted by Crippen LogP contribution is -2.29. The van der Waals surface area contributed by atoms with Crippen molar-refractivity contribution >= 4 is 57.8 Å². The summed E-state index contributed by atoms with van der Waals surface area (Å²) < 4.78 is 6.35. The van der Waals surface area contributed by atoms with E-state index in [9.17, 15) is 4.79 Å². The van der Waals surface area contributed by atoms with Gasteiger partial charge in [-0.1, -0.05) is 29.3 Å². The number of rotatable bonds is 5. The lowest BCUT2D eigenvalue weighted by Gasteiger charge is -2.26. The summed E-state index contributed by atoms with van der Waals surface area (Å²) >= 11 is 18.3. The molecule has 2 aromatic carbocycles. The fourth-order valence-electron chi connectivity index (χ4n) is 4.18. The molecule has 0 aliphatic carbocycles. The Morgan fingerprint density at radius 3 is 2.57 bits per heavy atom. The summed E-state index contributed by atoms with van der Waals surface area (Å²) in [5, 5.41) is 7.79. The first-order chi connectivity index (χ1) is 16.9. The Morgan fingerprint density at radius 2 is 1.89 bits per heavy atom. The van der Waals surface area contributed by atoms with Crippen LogP contribution in [-0.2, 0) is 4.79 Å². The van der Waals surface area contributed by atoms with Crippen LogP contribution < -0.4 is 15.5 Å². The van der Waals surface area contributed by atoms with Crippen molar-refractivity contribution in [2.45, 2.75) is 19.0 Å². The number of carbonyl (C=O) groups excluding carboxylic acids is 1. The topological polar surface area (TPSA) is 70.4 Å². The molecule has 35 heavy (non-hydrogen) atoms. The molecule has 1 amide bonds. The number of halogens is 2. The van der Waals surface area contributed by atoms with E-state index in [0.717, 1.165) is 16.9 Å². The highest BCUT2D eigenvalue weighted by Gasteiger charge is 2.42. The summed E-state index contributed by atoms with van der Waals surface area (Å²) in [5.74, 6) is 1.19. The molecule has 2 atom stereocenters. The van der Waals surface area contributed by atoms with E-state index in [1.165, 1.54) is 6.92 Å². The predicted octanol–water partition coefficient (Wildman–Crippen LogP) is 6.78. The van der Waals surface area contributed by atoms with Crippen LogP contribution in [0.3, 0.4) is 0 Å². The number of furan rings is 1. The van der Waals surface area contributed by atoms with Gasteiger partial charge in [-0.2, -0.15) is 0 Å². The monoisotopic (exact) mass is 522 g/mol. The van der Waals surface area contributed by atoms with Crippen LogP contribution in [0.2, 0.25) is 10.0 Å². The highest BCUT2D eigenvalue weighted by Crippen LogP contribution is 2.43. The summed E-state index contributed by atoms with van der Waals surface area (Å²) in [6.45, 7) is 1.47. The zero-order valence-electron chi connectivity index (χ0n) is 18.5. The largest absolute Gasteiger partial charge is 0.459 e. The number of thiocarbonyl (C=S) groups is 1. The van der Waals surface area contributed by atoms with Gasteiger partial charge in [-0.25, -0.2) is 0 Å². The number of pyridine rings is 1. The van der Waals surface area contributed by atoms with Crippen molar-refractivity contribution in [1.82, 2.24) is 10.3 Å². The van der Waals surface area contributed by atoms with E-state index in [-0.39, 0.29) is 18.0 Å². The predicted molar refractivity (Wildman–Crippen MR) is 143 cm³/mol. The second kappa shape index (κ2) is 9.70. The second-order valence-corrected chi connectivity index (χ2v) is 9.28. The molecule has 4 aromatic rings. The van der Waals surface area contributed by atoms with Gasteiger partial charge in [-0.15, -0.1) is 0 Å². The Kier molecular flexibility index (Phi) is 6.47. The lowest BCUT2D eigenvalue weighted by atomic mass is 10.0. The van der Waals surface area contributed by atoms with E-state index in [1.807, 2.05) is 65.6 Å². The van der Waals surface area contributed by atoms with Crippen molar-refractivity contribution in [3.05, 3.63) is 100 Å². The Bertz CT molecular complexity index is 1390. The normalized spacial score (nSPS) is 17.3. The number of hydrogen-bond donors (Lipinski definition) is 2. The second-order valence-electron chi connectivity index (χ2n) is 8.05. The third kappa shape index (κ3) is 4.75. The van der Waals surface area contributed by atoms with Crippen molar-refractivity contribution < 1.29 is 9.21 Å². The molecule has 0 spiro atoms. The third-order valence-corrected chi connectivity index (χ3v) is 6.54. The summed E-state index contributed by atoms with van der Waals surface area (Å²) in [7, 11) is 0. The molecule has 0 unspecified atom stereocenters. The van der Waals surface area contributed by atoms with E-state index in [1.54, 1.807) is 18.3 Å². The van der Waals surface area contributed by atoms with Gasteiger partial charge in [0.05, 0.1) is 16.8 Å². The molecule has 1 aliphatic rings. The van der Waals surface area contributed by atoms with Crippen LogP contribution >= 0.6 is 35.4 Å². The van der Waals surface area contributed by atoms with Gasteiger partial charge in [-0.3, -0.25) is 9.78 Å². The Hall–Kier alpha value is -3.39. The number of anilines is 2. The van der Waals surface area contributed by atoms with Crippen molar-refractivity contribution in [2.24, 2.45) is 0 Å². The molecule has 6 nitrogen and oxygen atoms in total. The molecule has 1 fully saturated rings. The first-order valence-electron chi connectivity index (χ1n) is 10.8. The van der Waals surface area contributed by atoms with Crippen LogP contribution in [-0.4, -0.2) is 16.0 Å². The quantitative estimate of drug-likeness (QED) is 0.281. The number of amides is 1. The minimum Gasteiger partial charge on any atom is -0.459 e. The molecule has 0 saturated carbocycles. The zero-order chi connectivity index (χ0) is 24.5. The van der Waals surface area contributed by atoms with Crippen molar-refractivity contribution in [3.63, 3.8) is 0 Å². The Labute approximate surface area is 217 Å². The van der Waals surface area contributed by atoms with Crippen LogP contribution in [0.5, 0.6) is 0 Å². The molecule has 2 N–H and O–H groups in total. The van der Waals surface area contributed by atoms with Gasteiger partial charge in [0, 0.05) is 35.1 Å².